The van der Waals surface area contributed by atoms with E-state index < -0.39 is 5.97 Å². The number of carbonyl (C=O) groups is 2. The van der Waals surface area contributed by atoms with Gasteiger partial charge in [-0.1, -0.05) is 59.7 Å². The molecule has 1 aromatic heterocycles. The van der Waals surface area contributed by atoms with Crippen molar-refractivity contribution in [1.29, 1.82) is 0 Å². The van der Waals surface area contributed by atoms with E-state index in [0.29, 0.717) is 15.9 Å². The quantitative estimate of drug-likeness (QED) is 0.356. The van der Waals surface area contributed by atoms with Crippen LogP contribution < -0.4 is 4.80 Å². The maximum absolute atomic E-state index is 12.8. The zero-order valence-corrected chi connectivity index (χ0v) is 17.6. The van der Waals surface area contributed by atoms with Crippen molar-refractivity contribution >= 4 is 33.4 Å². The maximum atomic E-state index is 12.8. The number of ether oxygens (including phenoxy) is 1. The van der Waals surface area contributed by atoms with Gasteiger partial charge >= 0.3 is 5.97 Å². The monoisotopic (exact) mass is 426 g/mol. The first kappa shape index (κ1) is 20.3. The van der Waals surface area contributed by atoms with Gasteiger partial charge in [-0.3, -0.25) is 4.79 Å². The lowest BCUT2D eigenvalue weighted by atomic mass is 10.0. The fourth-order valence-corrected chi connectivity index (χ4v) is 4.30. The molecule has 0 N–H and O–H groups in total. The van der Waals surface area contributed by atoms with Crippen LogP contribution in [0.1, 0.15) is 20.7 Å². The summed E-state index contributed by atoms with van der Waals surface area (Å²) < 4.78 is 7.37. The molecule has 0 aliphatic heterocycles. The van der Waals surface area contributed by atoms with Crippen molar-refractivity contribution in [2.45, 2.75) is 6.54 Å². The first-order valence-corrected chi connectivity index (χ1v) is 10.3. The van der Waals surface area contributed by atoms with Gasteiger partial charge in [0.25, 0.3) is 5.91 Å². The van der Waals surface area contributed by atoms with Gasteiger partial charge < -0.3 is 9.30 Å². The number of hydrogen-bond donors (Lipinski definition) is 0. The van der Waals surface area contributed by atoms with Crippen molar-refractivity contribution in [3.63, 3.8) is 0 Å². The Morgan fingerprint density at radius 2 is 1.68 bits per heavy atom. The van der Waals surface area contributed by atoms with E-state index in [0.717, 1.165) is 21.3 Å². The third-order valence-electron chi connectivity index (χ3n) is 4.79. The average Bonchev–Trinajstić information content (AvgIpc) is 3.15. The molecule has 0 aliphatic rings. The maximum Gasteiger partial charge on any atom is 0.337 e. The van der Waals surface area contributed by atoms with Crippen LogP contribution in [0.3, 0.4) is 0 Å². The molecule has 5 nitrogen and oxygen atoms in total. The highest BCUT2D eigenvalue weighted by Gasteiger charge is 2.12. The Morgan fingerprint density at radius 3 is 2.35 bits per heavy atom. The number of aromatic nitrogens is 1. The molecule has 0 bridgehead atoms. The zero-order valence-electron chi connectivity index (χ0n) is 16.7. The van der Waals surface area contributed by atoms with Gasteiger partial charge in [-0.15, -0.1) is 6.42 Å². The Balaban J connectivity index is 1.72. The number of esters is 1. The van der Waals surface area contributed by atoms with Gasteiger partial charge in [0.15, 0.2) is 4.80 Å². The summed E-state index contributed by atoms with van der Waals surface area (Å²) >= 11 is 1.30. The molecular weight excluding hydrogens is 408 g/mol. The van der Waals surface area contributed by atoms with Crippen LogP contribution in [0, 0.1) is 12.3 Å². The Kier molecular flexibility index (Phi) is 5.78. The van der Waals surface area contributed by atoms with E-state index >= 15 is 0 Å². The molecule has 31 heavy (non-hydrogen) atoms. The molecule has 0 fully saturated rings. The van der Waals surface area contributed by atoms with E-state index in [2.05, 4.69) is 10.9 Å². The van der Waals surface area contributed by atoms with Crippen LogP contribution in [0.25, 0.3) is 21.3 Å². The van der Waals surface area contributed by atoms with E-state index in [1.165, 1.54) is 18.4 Å². The highest BCUT2D eigenvalue weighted by atomic mass is 32.1. The van der Waals surface area contributed by atoms with Gasteiger partial charge in [0.05, 0.1) is 29.4 Å². The van der Waals surface area contributed by atoms with E-state index in [1.54, 1.807) is 34.9 Å². The standard InChI is InChI=1S/C25H18N2O3S/c1-3-15-27-21-14-13-20(24(29)30-2)16-22(21)31-25(27)26-23(28)19-11-9-18(10-12-19)17-7-5-4-6-8-17/h1,4-14,16H,15H2,2H3. The topological polar surface area (TPSA) is 60.7 Å². The fraction of sp³-hybridized carbons (Fsp3) is 0.0800. The van der Waals surface area contributed by atoms with Crippen molar-refractivity contribution < 1.29 is 14.3 Å². The van der Waals surface area contributed by atoms with Crippen molar-refractivity contribution in [3.05, 3.63) is 88.7 Å². The minimum absolute atomic E-state index is 0.261. The number of carbonyl (C=O) groups excluding carboxylic acids is 2. The molecule has 0 saturated heterocycles. The normalized spacial score (nSPS) is 11.3. The summed E-state index contributed by atoms with van der Waals surface area (Å²) in [7, 11) is 1.34. The summed E-state index contributed by atoms with van der Waals surface area (Å²) in [5, 5.41) is 0. The van der Waals surface area contributed by atoms with Gasteiger partial charge in [0.2, 0.25) is 0 Å². The predicted octanol–water partition coefficient (Wildman–Crippen LogP) is 4.53. The minimum Gasteiger partial charge on any atom is -0.465 e. The summed E-state index contributed by atoms with van der Waals surface area (Å²) in [6, 6.07) is 22.5. The largest absolute Gasteiger partial charge is 0.465 e. The Hall–Kier alpha value is -3.95. The first-order valence-electron chi connectivity index (χ1n) is 9.50. The van der Waals surface area contributed by atoms with E-state index in [4.69, 9.17) is 11.2 Å². The second kappa shape index (κ2) is 8.82. The molecule has 6 heteroatoms. The Morgan fingerprint density at radius 1 is 1.00 bits per heavy atom. The number of benzene rings is 3. The van der Waals surface area contributed by atoms with Gasteiger partial charge in [-0.2, -0.15) is 4.99 Å². The van der Waals surface area contributed by atoms with Gasteiger partial charge in [-0.25, -0.2) is 4.79 Å². The lowest BCUT2D eigenvalue weighted by Gasteiger charge is -2.03. The number of fused-ring (bicyclic) bond motifs is 1. The number of hydrogen-bond acceptors (Lipinski definition) is 4. The van der Waals surface area contributed by atoms with E-state index in [-0.39, 0.29) is 12.5 Å². The summed E-state index contributed by atoms with van der Waals surface area (Å²) in [6.07, 6.45) is 5.53. The van der Waals surface area contributed by atoms with Gasteiger partial charge in [0, 0.05) is 5.56 Å². The Bertz CT molecular complexity index is 1370. The minimum atomic E-state index is -0.424. The third-order valence-corrected chi connectivity index (χ3v) is 5.83. The van der Waals surface area contributed by atoms with Crippen LogP contribution in [0.2, 0.25) is 0 Å². The van der Waals surface area contributed by atoms with Crippen LogP contribution >= 0.6 is 11.3 Å². The molecule has 4 aromatic rings. The molecule has 152 valence electrons. The van der Waals surface area contributed by atoms with Crippen molar-refractivity contribution in [2.24, 2.45) is 4.99 Å². The number of terminal acetylenes is 1. The second-order valence-electron chi connectivity index (χ2n) is 6.71. The van der Waals surface area contributed by atoms with Crippen molar-refractivity contribution in [3.8, 4) is 23.5 Å². The zero-order chi connectivity index (χ0) is 21.8. The first-order chi connectivity index (χ1) is 15.1. The number of nitrogens with zero attached hydrogens (tertiary/aromatic N) is 2. The predicted molar refractivity (Wildman–Crippen MR) is 122 cm³/mol. The lowest BCUT2D eigenvalue weighted by Crippen LogP contribution is -2.16. The van der Waals surface area contributed by atoms with Gasteiger partial charge in [-0.05, 0) is 41.5 Å². The van der Waals surface area contributed by atoms with Crippen LogP contribution in [0.4, 0.5) is 0 Å². The molecule has 0 unspecified atom stereocenters. The molecule has 0 radical (unpaired) electrons. The summed E-state index contributed by atoms with van der Waals surface area (Å²) in [4.78, 5) is 29.4. The summed E-state index contributed by atoms with van der Waals surface area (Å²) in [5.41, 5.74) is 3.83. The Labute approximate surface area is 183 Å². The molecule has 0 atom stereocenters. The van der Waals surface area contributed by atoms with Crippen LogP contribution in [0.5, 0.6) is 0 Å². The number of amides is 1. The third kappa shape index (κ3) is 4.18. The molecule has 0 saturated carbocycles. The highest BCUT2D eigenvalue weighted by Crippen LogP contribution is 2.21. The van der Waals surface area contributed by atoms with Crippen molar-refractivity contribution in [2.75, 3.05) is 7.11 Å². The molecular formula is C25H18N2O3S. The second-order valence-corrected chi connectivity index (χ2v) is 7.72. The van der Waals surface area contributed by atoms with Crippen LogP contribution in [0.15, 0.2) is 77.8 Å². The van der Waals surface area contributed by atoms with Crippen LogP contribution in [-0.2, 0) is 11.3 Å². The molecule has 4 rings (SSSR count). The summed E-state index contributed by atoms with van der Waals surface area (Å²) in [6.45, 7) is 0.261. The van der Waals surface area contributed by atoms with Crippen LogP contribution in [-0.4, -0.2) is 23.6 Å². The van der Waals surface area contributed by atoms with E-state index in [1.807, 2.05) is 42.5 Å². The van der Waals surface area contributed by atoms with E-state index in [9.17, 15) is 9.59 Å². The molecule has 0 aliphatic carbocycles. The van der Waals surface area contributed by atoms with Gasteiger partial charge in [0.1, 0.15) is 0 Å². The number of thiazole rings is 1. The number of rotatable bonds is 4. The SMILES string of the molecule is C#CCn1c(=NC(=O)c2ccc(-c3ccccc3)cc2)sc2cc(C(=O)OC)ccc21. The number of methoxy groups -OCH3 is 1. The van der Waals surface area contributed by atoms with Crippen molar-refractivity contribution in [1.82, 2.24) is 4.57 Å². The average molecular weight is 426 g/mol. The highest BCUT2D eigenvalue weighted by molar-refractivity contribution is 7.16. The lowest BCUT2D eigenvalue weighted by molar-refractivity contribution is 0.0601. The molecule has 1 amide bonds. The molecule has 3 aromatic carbocycles. The molecule has 1 heterocycles. The molecule has 0 spiro atoms. The summed E-state index contributed by atoms with van der Waals surface area (Å²) in [5.74, 6) is 1.82. The smallest absolute Gasteiger partial charge is 0.337 e. The fourth-order valence-electron chi connectivity index (χ4n) is 3.23.